The third-order valence-electron chi connectivity index (χ3n) is 2.16. The molecule has 1 aromatic heterocycles. The third-order valence-corrected chi connectivity index (χ3v) is 2.83. The molecule has 0 aliphatic rings. The summed E-state index contributed by atoms with van der Waals surface area (Å²) in [5.74, 6) is -0.937. The highest BCUT2D eigenvalue weighted by molar-refractivity contribution is 7.13. The van der Waals surface area contributed by atoms with E-state index in [1.165, 1.54) is 17.4 Å². The number of amides is 2. The van der Waals surface area contributed by atoms with Crippen LogP contribution in [-0.2, 0) is 0 Å². The second-order valence-corrected chi connectivity index (χ2v) is 4.36. The number of anilines is 2. The second kappa shape index (κ2) is 4.84. The Kier molecular flexibility index (Phi) is 3.24. The van der Waals surface area contributed by atoms with E-state index in [1.54, 1.807) is 23.6 Å². The van der Waals surface area contributed by atoms with Crippen molar-refractivity contribution in [2.24, 2.45) is 5.73 Å². The van der Waals surface area contributed by atoms with Crippen LogP contribution in [0, 0.1) is 0 Å². The lowest BCUT2D eigenvalue weighted by Gasteiger charge is -2.04. The summed E-state index contributed by atoms with van der Waals surface area (Å²) in [4.78, 5) is 26.6. The molecule has 0 aliphatic carbocycles. The maximum atomic E-state index is 11.8. The maximum absolute atomic E-state index is 11.8. The molecule has 0 fully saturated rings. The first-order chi connectivity index (χ1) is 8.56. The average Bonchev–Trinajstić information content (AvgIpc) is 2.76. The van der Waals surface area contributed by atoms with E-state index in [9.17, 15) is 9.59 Å². The van der Waals surface area contributed by atoms with Gasteiger partial charge in [0.1, 0.15) is 5.69 Å². The minimum atomic E-state index is -0.552. The molecule has 6 nitrogen and oxygen atoms in total. The summed E-state index contributed by atoms with van der Waals surface area (Å²) in [6, 6.07) is 6.35. The van der Waals surface area contributed by atoms with Crippen molar-refractivity contribution in [2.45, 2.75) is 0 Å². The molecule has 1 heterocycles. The molecular formula is C11H10N4O2S. The fourth-order valence-corrected chi connectivity index (χ4v) is 1.88. The van der Waals surface area contributed by atoms with E-state index in [-0.39, 0.29) is 11.6 Å². The van der Waals surface area contributed by atoms with Crippen molar-refractivity contribution in [2.75, 3.05) is 11.1 Å². The van der Waals surface area contributed by atoms with Crippen molar-refractivity contribution < 1.29 is 9.59 Å². The number of aromatic nitrogens is 1. The number of hydrogen-bond donors (Lipinski definition) is 3. The van der Waals surface area contributed by atoms with Crippen molar-refractivity contribution >= 4 is 34.0 Å². The third kappa shape index (κ3) is 2.64. The molecule has 2 aromatic rings. The molecule has 0 radical (unpaired) electrons. The largest absolute Gasteiger partial charge is 0.375 e. The summed E-state index contributed by atoms with van der Waals surface area (Å²) < 4.78 is 0. The Bertz CT molecular complexity index is 609. The van der Waals surface area contributed by atoms with E-state index in [2.05, 4.69) is 10.3 Å². The monoisotopic (exact) mass is 262 g/mol. The highest BCUT2D eigenvalue weighted by Crippen LogP contribution is 2.14. The lowest BCUT2D eigenvalue weighted by Crippen LogP contribution is -2.14. The topological polar surface area (TPSA) is 111 Å². The lowest BCUT2D eigenvalue weighted by atomic mass is 10.2. The maximum Gasteiger partial charge on any atom is 0.275 e. The number of carbonyl (C=O) groups is 2. The molecule has 0 saturated heterocycles. The van der Waals surface area contributed by atoms with Gasteiger partial charge in [-0.25, -0.2) is 4.98 Å². The highest BCUT2D eigenvalue weighted by atomic mass is 32.1. The van der Waals surface area contributed by atoms with Gasteiger partial charge in [-0.1, -0.05) is 6.07 Å². The van der Waals surface area contributed by atoms with Crippen molar-refractivity contribution in [3.8, 4) is 0 Å². The van der Waals surface area contributed by atoms with Crippen LogP contribution in [0.1, 0.15) is 20.8 Å². The molecule has 0 spiro atoms. The summed E-state index contributed by atoms with van der Waals surface area (Å²) in [5, 5.41) is 4.49. The van der Waals surface area contributed by atoms with Crippen LogP contribution in [0.5, 0.6) is 0 Å². The van der Waals surface area contributed by atoms with Gasteiger partial charge in [0.2, 0.25) is 5.91 Å². The Morgan fingerprint density at radius 2 is 2.11 bits per heavy atom. The summed E-state index contributed by atoms with van der Waals surface area (Å²) in [6.45, 7) is 0. The van der Waals surface area contributed by atoms with Crippen molar-refractivity contribution in [1.29, 1.82) is 0 Å². The lowest BCUT2D eigenvalue weighted by molar-refractivity contribution is 0.0995. The first kappa shape index (κ1) is 12.1. The van der Waals surface area contributed by atoms with Crippen LogP contribution in [0.25, 0.3) is 0 Å². The Labute approximate surface area is 107 Å². The van der Waals surface area contributed by atoms with Gasteiger partial charge in [0.05, 0.1) is 0 Å². The van der Waals surface area contributed by atoms with Crippen LogP contribution in [0.15, 0.2) is 29.6 Å². The SMILES string of the molecule is NC(=O)c1cccc(NC(=O)c2csc(N)n2)c1. The first-order valence-corrected chi connectivity index (χ1v) is 5.86. The zero-order chi connectivity index (χ0) is 13.1. The molecule has 92 valence electrons. The van der Waals surface area contributed by atoms with Crippen molar-refractivity contribution in [3.63, 3.8) is 0 Å². The van der Waals surface area contributed by atoms with Crippen LogP contribution in [0.3, 0.4) is 0 Å². The first-order valence-electron chi connectivity index (χ1n) is 4.98. The fourth-order valence-electron chi connectivity index (χ4n) is 1.34. The number of thiazole rings is 1. The number of hydrogen-bond acceptors (Lipinski definition) is 5. The van der Waals surface area contributed by atoms with Gasteiger partial charge >= 0.3 is 0 Å². The summed E-state index contributed by atoms with van der Waals surface area (Å²) in [5.41, 5.74) is 11.6. The normalized spacial score (nSPS) is 10.0. The van der Waals surface area contributed by atoms with Gasteiger partial charge in [0.15, 0.2) is 5.13 Å². The molecule has 0 unspecified atom stereocenters. The Morgan fingerprint density at radius 3 is 2.72 bits per heavy atom. The summed E-state index contributed by atoms with van der Waals surface area (Å²) >= 11 is 1.18. The minimum absolute atomic E-state index is 0.238. The van der Waals surface area contributed by atoms with E-state index in [1.807, 2.05) is 0 Å². The molecule has 2 rings (SSSR count). The van der Waals surface area contributed by atoms with E-state index in [0.29, 0.717) is 16.4 Å². The van der Waals surface area contributed by atoms with Crippen LogP contribution in [0.2, 0.25) is 0 Å². The molecule has 1 aromatic carbocycles. The highest BCUT2D eigenvalue weighted by Gasteiger charge is 2.10. The van der Waals surface area contributed by atoms with Crippen LogP contribution < -0.4 is 16.8 Å². The minimum Gasteiger partial charge on any atom is -0.375 e. The number of carbonyl (C=O) groups excluding carboxylic acids is 2. The molecular weight excluding hydrogens is 252 g/mol. The fraction of sp³-hybridized carbons (Fsp3) is 0. The van der Waals surface area contributed by atoms with Gasteiger partial charge in [-0.15, -0.1) is 11.3 Å². The van der Waals surface area contributed by atoms with Crippen molar-refractivity contribution in [1.82, 2.24) is 4.98 Å². The number of nitrogens with one attached hydrogen (secondary N) is 1. The van der Waals surface area contributed by atoms with Gasteiger partial charge < -0.3 is 16.8 Å². The summed E-state index contributed by atoms with van der Waals surface area (Å²) in [6.07, 6.45) is 0. The standard InChI is InChI=1S/C11H10N4O2S/c12-9(16)6-2-1-3-7(4-6)14-10(17)8-5-18-11(13)15-8/h1-5H,(H2,12,16)(H2,13,15)(H,14,17). The number of primary amides is 1. The predicted molar refractivity (Wildman–Crippen MR) is 69.4 cm³/mol. The zero-order valence-corrected chi connectivity index (χ0v) is 10.0. The molecule has 0 saturated carbocycles. The smallest absolute Gasteiger partial charge is 0.275 e. The number of benzene rings is 1. The number of nitrogens with two attached hydrogens (primary N) is 2. The molecule has 0 aliphatic heterocycles. The van der Waals surface area contributed by atoms with Gasteiger partial charge in [0, 0.05) is 16.6 Å². The molecule has 0 atom stereocenters. The molecule has 2 amide bonds. The van der Waals surface area contributed by atoms with E-state index in [0.717, 1.165) is 0 Å². The molecule has 0 bridgehead atoms. The quantitative estimate of drug-likeness (QED) is 0.768. The van der Waals surface area contributed by atoms with E-state index < -0.39 is 5.91 Å². The molecule has 5 N–H and O–H groups in total. The summed E-state index contributed by atoms with van der Waals surface area (Å²) in [7, 11) is 0. The van der Waals surface area contributed by atoms with Crippen LogP contribution in [-0.4, -0.2) is 16.8 Å². The number of nitrogens with zero attached hydrogens (tertiary/aromatic N) is 1. The number of rotatable bonds is 3. The van der Waals surface area contributed by atoms with Gasteiger partial charge in [0.25, 0.3) is 5.91 Å². The molecule has 18 heavy (non-hydrogen) atoms. The molecule has 7 heteroatoms. The Hall–Kier alpha value is -2.41. The predicted octanol–water partition coefficient (Wildman–Crippen LogP) is 1.08. The Balaban J connectivity index is 2.16. The van der Waals surface area contributed by atoms with E-state index in [4.69, 9.17) is 11.5 Å². The van der Waals surface area contributed by atoms with Crippen LogP contribution in [0.4, 0.5) is 10.8 Å². The Morgan fingerprint density at radius 1 is 1.33 bits per heavy atom. The van der Waals surface area contributed by atoms with Gasteiger partial charge in [-0.2, -0.15) is 0 Å². The number of nitrogen functional groups attached to an aromatic ring is 1. The van der Waals surface area contributed by atoms with Crippen molar-refractivity contribution in [3.05, 3.63) is 40.9 Å². The van der Waals surface area contributed by atoms with Gasteiger partial charge in [-0.05, 0) is 18.2 Å². The average molecular weight is 262 g/mol. The van der Waals surface area contributed by atoms with Gasteiger partial charge in [-0.3, -0.25) is 9.59 Å². The second-order valence-electron chi connectivity index (χ2n) is 3.47. The zero-order valence-electron chi connectivity index (χ0n) is 9.21. The van der Waals surface area contributed by atoms with Crippen LogP contribution >= 0.6 is 11.3 Å². The van der Waals surface area contributed by atoms with E-state index >= 15 is 0 Å².